The molecule has 0 saturated carbocycles. The van der Waals surface area contributed by atoms with Gasteiger partial charge in [0.1, 0.15) is 6.54 Å². The van der Waals surface area contributed by atoms with Crippen LogP contribution in [0.5, 0.6) is 0 Å². The van der Waals surface area contributed by atoms with Crippen LogP contribution in [0.1, 0.15) is 24.8 Å². The second kappa shape index (κ2) is 8.34. The number of nitrogens with zero attached hydrogens (tertiary/aromatic N) is 3. The maximum Gasteiger partial charge on any atom is 0.317 e. The number of carbonyl (C=O) groups excluding carboxylic acids is 2. The van der Waals surface area contributed by atoms with Gasteiger partial charge in [0.15, 0.2) is 0 Å². The highest BCUT2D eigenvalue weighted by Crippen LogP contribution is 2.19. The summed E-state index contributed by atoms with van der Waals surface area (Å²) in [7, 11) is 1.80. The Bertz CT molecular complexity index is 592. The van der Waals surface area contributed by atoms with E-state index in [1.54, 1.807) is 16.8 Å². The lowest BCUT2D eigenvalue weighted by Gasteiger charge is -2.26. The van der Waals surface area contributed by atoms with Crippen molar-refractivity contribution in [2.45, 2.75) is 31.8 Å². The van der Waals surface area contributed by atoms with Crippen molar-refractivity contribution in [3.63, 3.8) is 0 Å². The monoisotopic (exact) mass is 344 g/mol. The third kappa shape index (κ3) is 4.72. The number of amides is 3. The van der Waals surface area contributed by atoms with E-state index in [-0.39, 0.29) is 18.5 Å². The van der Waals surface area contributed by atoms with Crippen molar-refractivity contribution >= 4 is 11.9 Å². The van der Waals surface area contributed by atoms with Gasteiger partial charge in [-0.3, -0.25) is 9.69 Å². The minimum absolute atomic E-state index is 0.0132. The molecule has 6 nitrogen and oxygen atoms in total. The van der Waals surface area contributed by atoms with Crippen molar-refractivity contribution in [2.75, 3.05) is 39.8 Å². The van der Waals surface area contributed by atoms with E-state index in [0.717, 1.165) is 32.5 Å². The summed E-state index contributed by atoms with van der Waals surface area (Å²) in [4.78, 5) is 30.2. The van der Waals surface area contributed by atoms with E-state index in [2.05, 4.69) is 34.5 Å². The zero-order valence-corrected chi connectivity index (χ0v) is 15.0. The summed E-state index contributed by atoms with van der Waals surface area (Å²) in [6.07, 6.45) is 3.11. The first-order valence-electron chi connectivity index (χ1n) is 9.18. The van der Waals surface area contributed by atoms with Crippen molar-refractivity contribution in [3.05, 3.63) is 35.9 Å². The van der Waals surface area contributed by atoms with Gasteiger partial charge in [0.05, 0.1) is 0 Å². The number of hydrogen-bond acceptors (Lipinski definition) is 3. The minimum Gasteiger partial charge on any atom is -0.344 e. The van der Waals surface area contributed by atoms with Gasteiger partial charge in [-0.2, -0.15) is 0 Å². The molecule has 0 aliphatic carbocycles. The summed E-state index contributed by atoms with van der Waals surface area (Å²) in [5.41, 5.74) is 1.31. The largest absolute Gasteiger partial charge is 0.344 e. The molecule has 1 aromatic carbocycles. The lowest BCUT2D eigenvalue weighted by atomic mass is 10.2. The summed E-state index contributed by atoms with van der Waals surface area (Å²) >= 11 is 0. The molecular formula is C19H28N4O2. The van der Waals surface area contributed by atoms with Crippen LogP contribution < -0.4 is 5.32 Å². The van der Waals surface area contributed by atoms with Crippen molar-refractivity contribution in [2.24, 2.45) is 0 Å². The molecule has 25 heavy (non-hydrogen) atoms. The molecule has 0 aromatic heterocycles. The summed E-state index contributed by atoms with van der Waals surface area (Å²) in [5, 5.41) is 3.05. The molecule has 1 atom stereocenters. The molecule has 0 bridgehead atoms. The highest BCUT2D eigenvalue weighted by Gasteiger charge is 2.27. The Morgan fingerprint density at radius 3 is 2.76 bits per heavy atom. The van der Waals surface area contributed by atoms with Gasteiger partial charge in [0.2, 0.25) is 5.91 Å². The molecule has 1 aromatic rings. The van der Waals surface area contributed by atoms with Crippen molar-refractivity contribution in [3.8, 4) is 0 Å². The molecule has 0 radical (unpaired) electrons. The number of likely N-dealkylation sites (N-methyl/N-ethyl adjacent to an activating group) is 1. The molecule has 3 rings (SSSR count). The van der Waals surface area contributed by atoms with Gasteiger partial charge in [0.25, 0.3) is 0 Å². The molecule has 2 heterocycles. The van der Waals surface area contributed by atoms with E-state index < -0.39 is 0 Å². The Hall–Kier alpha value is -2.08. The number of urea groups is 1. The molecule has 2 aliphatic rings. The number of benzene rings is 1. The van der Waals surface area contributed by atoms with Gasteiger partial charge in [-0.05, 0) is 31.4 Å². The normalized spacial score (nSPS) is 22.1. The van der Waals surface area contributed by atoms with Crippen molar-refractivity contribution < 1.29 is 9.59 Å². The highest BCUT2D eigenvalue weighted by molar-refractivity contribution is 5.84. The van der Waals surface area contributed by atoms with Crippen LogP contribution in [0.25, 0.3) is 0 Å². The van der Waals surface area contributed by atoms with Crippen LogP contribution in [0, 0.1) is 0 Å². The Labute approximate surface area is 149 Å². The smallest absolute Gasteiger partial charge is 0.317 e. The van der Waals surface area contributed by atoms with Gasteiger partial charge < -0.3 is 15.1 Å². The van der Waals surface area contributed by atoms with E-state index in [4.69, 9.17) is 0 Å². The quantitative estimate of drug-likeness (QED) is 0.901. The minimum atomic E-state index is -0.116. The van der Waals surface area contributed by atoms with Crippen molar-refractivity contribution in [1.29, 1.82) is 0 Å². The lowest BCUT2D eigenvalue weighted by molar-refractivity contribution is -0.129. The fraction of sp³-hybridized carbons (Fsp3) is 0.579. The van der Waals surface area contributed by atoms with Crippen LogP contribution in [0.2, 0.25) is 0 Å². The molecule has 136 valence electrons. The van der Waals surface area contributed by atoms with Crippen molar-refractivity contribution in [1.82, 2.24) is 20.0 Å². The topological polar surface area (TPSA) is 55.9 Å². The first-order valence-corrected chi connectivity index (χ1v) is 9.18. The van der Waals surface area contributed by atoms with Crippen LogP contribution in [0.15, 0.2) is 30.3 Å². The Kier molecular flexibility index (Phi) is 5.91. The first kappa shape index (κ1) is 17.7. The average Bonchev–Trinajstić information content (AvgIpc) is 2.98. The molecule has 1 N–H and O–H groups in total. The fourth-order valence-electron chi connectivity index (χ4n) is 3.63. The number of carbonyl (C=O) groups is 2. The predicted molar refractivity (Wildman–Crippen MR) is 97.1 cm³/mol. The third-order valence-corrected chi connectivity index (χ3v) is 5.18. The zero-order chi connectivity index (χ0) is 17.6. The third-order valence-electron chi connectivity index (χ3n) is 5.18. The second-order valence-corrected chi connectivity index (χ2v) is 7.03. The van der Waals surface area contributed by atoms with Gasteiger partial charge >= 0.3 is 6.03 Å². The molecule has 6 heteroatoms. The average molecular weight is 344 g/mol. The van der Waals surface area contributed by atoms with Crippen LogP contribution in [-0.2, 0) is 11.3 Å². The second-order valence-electron chi connectivity index (χ2n) is 7.03. The first-order chi connectivity index (χ1) is 12.1. The van der Waals surface area contributed by atoms with Gasteiger partial charge in [0, 0.05) is 39.3 Å². The maximum atomic E-state index is 12.5. The Balaban J connectivity index is 1.50. The van der Waals surface area contributed by atoms with E-state index in [1.165, 1.54) is 12.0 Å². The SMILES string of the molecule is CN1CCCN(C(=O)NCC2CCCN2Cc2ccccc2)CC1=O. The maximum absolute atomic E-state index is 12.5. The van der Waals surface area contributed by atoms with Gasteiger partial charge in [-0.25, -0.2) is 4.79 Å². The number of nitrogens with one attached hydrogen (secondary N) is 1. The molecule has 1 unspecified atom stereocenters. The Morgan fingerprint density at radius 2 is 1.96 bits per heavy atom. The van der Waals surface area contributed by atoms with Crippen LogP contribution in [0.3, 0.4) is 0 Å². The summed E-state index contributed by atoms with van der Waals surface area (Å²) in [6, 6.07) is 10.7. The van der Waals surface area contributed by atoms with E-state index in [1.807, 2.05) is 6.07 Å². The molecule has 2 aliphatic heterocycles. The summed E-state index contributed by atoms with van der Waals surface area (Å²) in [5.74, 6) is 0.0132. The number of likely N-dealkylation sites (tertiary alicyclic amines) is 1. The fourth-order valence-corrected chi connectivity index (χ4v) is 3.63. The van der Waals surface area contributed by atoms with Gasteiger partial charge in [-0.15, -0.1) is 0 Å². The Morgan fingerprint density at radius 1 is 1.16 bits per heavy atom. The van der Waals surface area contributed by atoms with Gasteiger partial charge in [-0.1, -0.05) is 30.3 Å². The van der Waals surface area contributed by atoms with Crippen LogP contribution >= 0.6 is 0 Å². The zero-order valence-electron chi connectivity index (χ0n) is 15.0. The molecule has 0 spiro atoms. The van der Waals surface area contributed by atoms with Crippen LogP contribution in [0.4, 0.5) is 4.79 Å². The predicted octanol–water partition coefficient (Wildman–Crippen LogP) is 1.52. The highest BCUT2D eigenvalue weighted by atomic mass is 16.2. The standard InChI is InChI=1S/C19H28N4O2/c1-21-10-6-12-23(15-18(21)24)19(25)20-13-17-9-5-11-22(17)14-16-7-3-2-4-8-16/h2-4,7-8,17H,5-6,9-15H2,1H3,(H,20,25). The lowest BCUT2D eigenvalue weighted by Crippen LogP contribution is -2.47. The molecule has 2 fully saturated rings. The summed E-state index contributed by atoms with van der Waals surface area (Å²) in [6.45, 7) is 4.18. The number of rotatable bonds is 4. The summed E-state index contributed by atoms with van der Waals surface area (Å²) < 4.78 is 0. The molecule has 2 saturated heterocycles. The van der Waals surface area contributed by atoms with E-state index in [0.29, 0.717) is 19.1 Å². The van der Waals surface area contributed by atoms with Crippen LogP contribution in [-0.4, -0.2) is 72.5 Å². The number of hydrogen-bond donors (Lipinski definition) is 1. The van der Waals surface area contributed by atoms with E-state index in [9.17, 15) is 9.59 Å². The molecule has 3 amide bonds. The molecular weight excluding hydrogens is 316 g/mol. The van der Waals surface area contributed by atoms with E-state index >= 15 is 0 Å².